The number of hydrogen-bond donors (Lipinski definition) is 1. The third-order valence-electron chi connectivity index (χ3n) is 3.99. The van der Waals surface area contributed by atoms with Gasteiger partial charge in [0.25, 0.3) is 5.91 Å². The number of thiazole rings is 1. The highest BCUT2D eigenvalue weighted by atomic mass is 32.1. The number of methoxy groups -OCH3 is 2. The first-order valence-electron chi connectivity index (χ1n) is 8.59. The minimum absolute atomic E-state index is 0.201. The standard InChI is InChI=1S/C20H21N3O3S/c1-4-5-17-18(14-6-7-15(25-2)16(12-14)26-3)22-20(27-17)23-19(24)13-8-10-21-11-9-13/h6-12H,4-5H2,1-3H3,(H,22,23,24). The van der Waals surface area contributed by atoms with E-state index in [1.54, 1.807) is 38.7 Å². The van der Waals surface area contributed by atoms with E-state index in [1.807, 2.05) is 18.2 Å². The lowest BCUT2D eigenvalue weighted by molar-refractivity contribution is 0.102. The third-order valence-corrected chi connectivity index (χ3v) is 5.02. The molecule has 0 saturated carbocycles. The Kier molecular flexibility index (Phi) is 6.03. The van der Waals surface area contributed by atoms with Crippen LogP contribution < -0.4 is 14.8 Å². The molecule has 0 atom stereocenters. The second-order valence-electron chi connectivity index (χ2n) is 5.80. The van der Waals surface area contributed by atoms with Crippen LogP contribution >= 0.6 is 11.3 Å². The van der Waals surface area contributed by atoms with Gasteiger partial charge in [-0.25, -0.2) is 4.98 Å². The fourth-order valence-electron chi connectivity index (χ4n) is 2.68. The Labute approximate surface area is 162 Å². The fourth-order valence-corrected chi connectivity index (χ4v) is 3.76. The first-order valence-corrected chi connectivity index (χ1v) is 9.41. The minimum atomic E-state index is -0.201. The number of aryl methyl sites for hydroxylation is 1. The SMILES string of the molecule is CCCc1sc(NC(=O)c2ccncc2)nc1-c1ccc(OC)c(OC)c1. The van der Waals surface area contributed by atoms with Crippen molar-refractivity contribution in [3.05, 3.63) is 53.2 Å². The maximum atomic E-state index is 12.4. The van der Waals surface area contributed by atoms with E-state index >= 15 is 0 Å². The van der Waals surface area contributed by atoms with Crippen LogP contribution in [0.25, 0.3) is 11.3 Å². The molecule has 1 amide bonds. The van der Waals surface area contributed by atoms with Crippen molar-refractivity contribution in [3.63, 3.8) is 0 Å². The number of carbonyl (C=O) groups excluding carboxylic acids is 1. The fraction of sp³-hybridized carbons (Fsp3) is 0.250. The maximum Gasteiger partial charge on any atom is 0.257 e. The summed E-state index contributed by atoms with van der Waals surface area (Å²) in [4.78, 5) is 22.1. The number of pyridine rings is 1. The van der Waals surface area contributed by atoms with E-state index in [0.717, 1.165) is 29.0 Å². The Morgan fingerprint density at radius 3 is 2.52 bits per heavy atom. The number of carbonyl (C=O) groups is 1. The molecule has 0 spiro atoms. The van der Waals surface area contributed by atoms with Crippen LogP contribution in [0.5, 0.6) is 11.5 Å². The van der Waals surface area contributed by atoms with Crippen LogP contribution in [0.15, 0.2) is 42.7 Å². The van der Waals surface area contributed by atoms with Crippen molar-refractivity contribution < 1.29 is 14.3 Å². The minimum Gasteiger partial charge on any atom is -0.493 e. The van der Waals surface area contributed by atoms with Gasteiger partial charge in [0.1, 0.15) is 0 Å². The molecule has 1 N–H and O–H groups in total. The predicted molar refractivity (Wildman–Crippen MR) is 107 cm³/mol. The molecule has 0 saturated heterocycles. The van der Waals surface area contributed by atoms with Crippen LogP contribution in [0, 0.1) is 0 Å². The Morgan fingerprint density at radius 1 is 1.11 bits per heavy atom. The van der Waals surface area contributed by atoms with E-state index in [1.165, 1.54) is 11.3 Å². The largest absolute Gasteiger partial charge is 0.493 e. The molecule has 3 rings (SSSR count). The highest BCUT2D eigenvalue weighted by Crippen LogP contribution is 2.37. The van der Waals surface area contributed by atoms with Gasteiger partial charge in [-0.05, 0) is 36.8 Å². The zero-order chi connectivity index (χ0) is 19.2. The molecule has 27 heavy (non-hydrogen) atoms. The number of ether oxygens (including phenoxy) is 2. The molecule has 2 aromatic heterocycles. The van der Waals surface area contributed by atoms with Gasteiger partial charge in [-0.1, -0.05) is 13.3 Å². The molecule has 0 bridgehead atoms. The van der Waals surface area contributed by atoms with E-state index in [4.69, 9.17) is 9.47 Å². The zero-order valence-corrected chi connectivity index (χ0v) is 16.3. The smallest absolute Gasteiger partial charge is 0.257 e. The molecule has 6 nitrogen and oxygen atoms in total. The van der Waals surface area contributed by atoms with Gasteiger partial charge in [0.15, 0.2) is 16.6 Å². The average molecular weight is 383 g/mol. The Bertz CT molecular complexity index is 925. The van der Waals surface area contributed by atoms with Gasteiger partial charge in [0.2, 0.25) is 0 Å². The Morgan fingerprint density at radius 2 is 1.85 bits per heavy atom. The molecule has 0 radical (unpaired) electrons. The molecule has 0 aliphatic rings. The Balaban J connectivity index is 1.93. The first-order chi connectivity index (χ1) is 13.2. The van der Waals surface area contributed by atoms with Crippen molar-refractivity contribution >= 4 is 22.4 Å². The van der Waals surface area contributed by atoms with Crippen molar-refractivity contribution in [3.8, 4) is 22.8 Å². The average Bonchev–Trinajstić information content (AvgIpc) is 3.10. The van der Waals surface area contributed by atoms with Crippen molar-refractivity contribution in [1.29, 1.82) is 0 Å². The van der Waals surface area contributed by atoms with E-state index in [9.17, 15) is 4.79 Å². The number of hydrogen-bond acceptors (Lipinski definition) is 6. The van der Waals surface area contributed by atoms with Crippen molar-refractivity contribution in [2.24, 2.45) is 0 Å². The normalized spacial score (nSPS) is 10.5. The highest BCUT2D eigenvalue weighted by Gasteiger charge is 2.17. The molecule has 3 aromatic rings. The van der Waals surface area contributed by atoms with Gasteiger partial charge in [0.05, 0.1) is 19.9 Å². The highest BCUT2D eigenvalue weighted by molar-refractivity contribution is 7.16. The lowest BCUT2D eigenvalue weighted by Gasteiger charge is -2.09. The third kappa shape index (κ3) is 4.25. The van der Waals surface area contributed by atoms with Gasteiger partial charge >= 0.3 is 0 Å². The van der Waals surface area contributed by atoms with Crippen LogP contribution in [0.4, 0.5) is 5.13 Å². The molecule has 2 heterocycles. The van der Waals surface area contributed by atoms with Gasteiger partial charge < -0.3 is 9.47 Å². The summed E-state index contributed by atoms with van der Waals surface area (Å²) in [6.07, 6.45) is 5.05. The molecule has 0 fully saturated rings. The number of aromatic nitrogens is 2. The molecule has 0 unspecified atom stereocenters. The summed E-state index contributed by atoms with van der Waals surface area (Å²) >= 11 is 1.49. The molecule has 1 aromatic carbocycles. The van der Waals surface area contributed by atoms with Crippen LogP contribution in [-0.2, 0) is 6.42 Å². The monoisotopic (exact) mass is 383 g/mol. The number of benzene rings is 1. The lowest BCUT2D eigenvalue weighted by atomic mass is 10.1. The molecular weight excluding hydrogens is 362 g/mol. The summed E-state index contributed by atoms with van der Waals surface area (Å²) < 4.78 is 10.7. The lowest BCUT2D eigenvalue weighted by Crippen LogP contribution is -2.11. The molecule has 0 aliphatic carbocycles. The van der Waals surface area contributed by atoms with E-state index in [2.05, 4.69) is 22.2 Å². The predicted octanol–water partition coefficient (Wildman–Crippen LogP) is 4.43. The molecule has 7 heteroatoms. The van der Waals surface area contributed by atoms with Gasteiger partial charge in [0, 0.05) is 28.4 Å². The second kappa shape index (κ2) is 8.64. The number of nitrogens with one attached hydrogen (secondary N) is 1. The number of nitrogens with zero attached hydrogens (tertiary/aromatic N) is 2. The summed E-state index contributed by atoms with van der Waals surface area (Å²) in [5, 5.41) is 3.46. The summed E-state index contributed by atoms with van der Waals surface area (Å²) in [6.45, 7) is 2.12. The van der Waals surface area contributed by atoms with Gasteiger partial charge in [-0.15, -0.1) is 11.3 Å². The quantitative estimate of drug-likeness (QED) is 0.653. The second-order valence-corrected chi connectivity index (χ2v) is 6.88. The van der Waals surface area contributed by atoms with Crippen LogP contribution in [-0.4, -0.2) is 30.1 Å². The Hall–Kier alpha value is -2.93. The van der Waals surface area contributed by atoms with Crippen molar-refractivity contribution in [2.45, 2.75) is 19.8 Å². The first kappa shape index (κ1) is 18.8. The number of anilines is 1. The van der Waals surface area contributed by atoms with Gasteiger partial charge in [-0.3, -0.25) is 15.1 Å². The van der Waals surface area contributed by atoms with E-state index < -0.39 is 0 Å². The van der Waals surface area contributed by atoms with E-state index in [-0.39, 0.29) is 5.91 Å². The van der Waals surface area contributed by atoms with Gasteiger partial charge in [-0.2, -0.15) is 0 Å². The molecule has 140 valence electrons. The molecular formula is C20H21N3O3S. The maximum absolute atomic E-state index is 12.4. The summed E-state index contributed by atoms with van der Waals surface area (Å²) in [5.74, 6) is 1.11. The topological polar surface area (TPSA) is 73.3 Å². The van der Waals surface area contributed by atoms with Crippen LogP contribution in [0.3, 0.4) is 0 Å². The zero-order valence-electron chi connectivity index (χ0n) is 15.5. The summed E-state index contributed by atoms with van der Waals surface area (Å²) in [5.41, 5.74) is 2.33. The number of rotatable bonds is 7. The van der Waals surface area contributed by atoms with Crippen molar-refractivity contribution in [2.75, 3.05) is 19.5 Å². The van der Waals surface area contributed by atoms with Crippen molar-refractivity contribution in [1.82, 2.24) is 9.97 Å². The van der Waals surface area contributed by atoms with Crippen LogP contribution in [0.2, 0.25) is 0 Å². The number of amides is 1. The van der Waals surface area contributed by atoms with E-state index in [0.29, 0.717) is 22.2 Å². The van der Waals surface area contributed by atoms with Crippen LogP contribution in [0.1, 0.15) is 28.6 Å². The summed E-state index contributed by atoms with van der Waals surface area (Å²) in [7, 11) is 3.21. The molecule has 0 aliphatic heterocycles. The summed E-state index contributed by atoms with van der Waals surface area (Å²) in [6, 6.07) is 9.06.